The topological polar surface area (TPSA) is 12.0 Å². The van der Waals surface area contributed by atoms with Crippen LogP contribution in [-0.2, 0) is 0 Å². The summed E-state index contributed by atoms with van der Waals surface area (Å²) >= 11 is 16.1. The molecule has 5 heteroatoms. The molecule has 1 saturated heterocycles. The van der Waals surface area contributed by atoms with Gasteiger partial charge in [-0.25, -0.2) is 0 Å². The van der Waals surface area contributed by atoms with Crippen LogP contribution in [0.1, 0.15) is 18.5 Å². The van der Waals surface area contributed by atoms with Gasteiger partial charge in [0, 0.05) is 35.1 Å². The van der Waals surface area contributed by atoms with Crippen LogP contribution in [0.5, 0.6) is 0 Å². The lowest BCUT2D eigenvalue weighted by Crippen LogP contribution is -2.30. The molecule has 0 saturated carbocycles. The molecule has 0 bridgehead atoms. The first-order valence-corrected chi connectivity index (χ1v) is 9.00. The van der Waals surface area contributed by atoms with Gasteiger partial charge in [0.2, 0.25) is 0 Å². The van der Waals surface area contributed by atoms with Gasteiger partial charge in [0.15, 0.2) is 0 Å². The molecule has 1 aromatic carbocycles. The van der Waals surface area contributed by atoms with Gasteiger partial charge in [0.05, 0.1) is 10.0 Å². The lowest BCUT2D eigenvalue weighted by Gasteiger charge is -2.23. The van der Waals surface area contributed by atoms with Crippen molar-refractivity contribution >= 4 is 46.7 Å². The average Bonchev–Trinajstić information content (AvgIpc) is 2.40. The Hall–Kier alpha value is 0.460. The molecule has 1 heterocycles. The van der Waals surface area contributed by atoms with Crippen LogP contribution >= 0.6 is 46.7 Å². The van der Waals surface area contributed by atoms with E-state index in [1.54, 1.807) is 0 Å². The zero-order valence-corrected chi connectivity index (χ0v) is 13.4. The van der Waals surface area contributed by atoms with Gasteiger partial charge in [-0.3, -0.25) is 0 Å². The minimum atomic E-state index is 0.312. The first kappa shape index (κ1) is 14.9. The highest BCUT2D eigenvalue weighted by Crippen LogP contribution is 2.27. The number of thioether (sulfide) groups is 2. The summed E-state index contributed by atoms with van der Waals surface area (Å²) in [6.07, 6.45) is 0. The highest BCUT2D eigenvalue weighted by atomic mass is 35.5. The Morgan fingerprint density at radius 3 is 2.83 bits per heavy atom. The van der Waals surface area contributed by atoms with Crippen molar-refractivity contribution in [3.05, 3.63) is 33.8 Å². The summed E-state index contributed by atoms with van der Waals surface area (Å²) in [5.41, 5.74) is 1.19. The Kier molecular flexibility index (Phi) is 6.02. The van der Waals surface area contributed by atoms with Gasteiger partial charge < -0.3 is 5.32 Å². The van der Waals surface area contributed by atoms with E-state index in [0.29, 0.717) is 16.1 Å². The van der Waals surface area contributed by atoms with Crippen LogP contribution in [0.2, 0.25) is 10.0 Å². The molecular weight excluding hydrogens is 305 g/mol. The first-order chi connectivity index (χ1) is 8.66. The van der Waals surface area contributed by atoms with Crippen molar-refractivity contribution in [1.82, 2.24) is 5.32 Å². The summed E-state index contributed by atoms with van der Waals surface area (Å²) in [6, 6.07) is 6.16. The predicted molar refractivity (Wildman–Crippen MR) is 86.5 cm³/mol. The SMILES string of the molecule is CC(NCC1CSCCS1)c1ccc(Cl)c(Cl)c1. The molecule has 1 aliphatic heterocycles. The molecule has 0 aromatic heterocycles. The fourth-order valence-electron chi connectivity index (χ4n) is 1.86. The third-order valence-corrected chi connectivity index (χ3v) is 6.56. The number of hydrogen-bond acceptors (Lipinski definition) is 3. The first-order valence-electron chi connectivity index (χ1n) is 6.04. The summed E-state index contributed by atoms with van der Waals surface area (Å²) in [7, 11) is 0. The minimum absolute atomic E-state index is 0.312. The normalized spacial score (nSPS) is 21.8. The highest BCUT2D eigenvalue weighted by molar-refractivity contribution is 8.06. The third-order valence-electron chi connectivity index (χ3n) is 2.98. The lowest BCUT2D eigenvalue weighted by molar-refractivity contribution is 0.577. The van der Waals surface area contributed by atoms with Crippen molar-refractivity contribution in [2.75, 3.05) is 23.8 Å². The van der Waals surface area contributed by atoms with Gasteiger partial charge >= 0.3 is 0 Å². The van der Waals surface area contributed by atoms with Gasteiger partial charge in [-0.05, 0) is 24.6 Å². The number of benzene rings is 1. The standard InChI is InChI=1S/C13H17Cl2NS2/c1-9(10-2-3-12(14)13(15)6-10)16-7-11-8-17-4-5-18-11/h2-3,6,9,11,16H,4-5,7-8H2,1H3. The van der Waals surface area contributed by atoms with E-state index in [9.17, 15) is 0 Å². The molecule has 1 N–H and O–H groups in total. The summed E-state index contributed by atoms with van der Waals surface area (Å²) in [6.45, 7) is 3.22. The predicted octanol–water partition coefficient (Wildman–Crippen LogP) is 4.49. The second-order valence-corrected chi connectivity index (χ2v) is 7.74. The van der Waals surface area contributed by atoms with Crippen LogP contribution in [0.3, 0.4) is 0 Å². The highest BCUT2D eigenvalue weighted by Gasteiger charge is 2.15. The molecular formula is C13H17Cl2NS2. The maximum absolute atomic E-state index is 6.04. The molecule has 1 fully saturated rings. The van der Waals surface area contributed by atoms with E-state index in [2.05, 4.69) is 35.8 Å². The summed E-state index contributed by atoms with van der Waals surface area (Å²) in [4.78, 5) is 0. The van der Waals surface area contributed by atoms with Gasteiger partial charge in [0.1, 0.15) is 0 Å². The molecule has 1 nitrogen and oxygen atoms in total. The maximum atomic E-state index is 6.04. The van der Waals surface area contributed by atoms with E-state index in [1.165, 1.54) is 22.8 Å². The van der Waals surface area contributed by atoms with Crippen molar-refractivity contribution in [3.8, 4) is 0 Å². The third kappa shape index (κ3) is 4.24. The average molecular weight is 322 g/mol. The Labute approximate surface area is 127 Å². The Morgan fingerprint density at radius 1 is 1.33 bits per heavy atom. The van der Waals surface area contributed by atoms with E-state index in [-0.39, 0.29) is 0 Å². The molecule has 2 rings (SSSR count). The van der Waals surface area contributed by atoms with Crippen molar-refractivity contribution in [1.29, 1.82) is 0 Å². The number of hydrogen-bond donors (Lipinski definition) is 1. The van der Waals surface area contributed by atoms with Crippen LogP contribution < -0.4 is 5.32 Å². The van der Waals surface area contributed by atoms with Crippen LogP contribution in [0, 0.1) is 0 Å². The summed E-state index contributed by atoms with van der Waals surface area (Å²) in [5.74, 6) is 3.83. The minimum Gasteiger partial charge on any atom is -0.309 e. The van der Waals surface area contributed by atoms with Crippen LogP contribution in [0.25, 0.3) is 0 Å². The smallest absolute Gasteiger partial charge is 0.0595 e. The Balaban J connectivity index is 1.86. The fraction of sp³-hybridized carbons (Fsp3) is 0.538. The molecule has 1 aliphatic rings. The summed E-state index contributed by atoms with van der Waals surface area (Å²) in [5, 5.41) is 5.56. The Morgan fingerprint density at radius 2 is 2.17 bits per heavy atom. The molecule has 0 aliphatic carbocycles. The largest absolute Gasteiger partial charge is 0.309 e. The maximum Gasteiger partial charge on any atom is 0.0595 e. The zero-order valence-electron chi connectivity index (χ0n) is 10.3. The van der Waals surface area contributed by atoms with Crippen molar-refractivity contribution in [2.24, 2.45) is 0 Å². The molecule has 0 radical (unpaired) electrons. The van der Waals surface area contributed by atoms with E-state index in [4.69, 9.17) is 23.2 Å². The summed E-state index contributed by atoms with van der Waals surface area (Å²) < 4.78 is 0. The lowest BCUT2D eigenvalue weighted by atomic mass is 10.1. The van der Waals surface area contributed by atoms with E-state index in [0.717, 1.165) is 11.8 Å². The molecule has 0 spiro atoms. The van der Waals surface area contributed by atoms with Crippen molar-refractivity contribution in [3.63, 3.8) is 0 Å². The number of rotatable bonds is 4. The molecule has 2 unspecified atom stereocenters. The number of nitrogens with one attached hydrogen (secondary N) is 1. The Bertz CT molecular complexity index is 395. The van der Waals surface area contributed by atoms with Gasteiger partial charge in [-0.2, -0.15) is 23.5 Å². The molecule has 100 valence electrons. The molecule has 18 heavy (non-hydrogen) atoms. The van der Waals surface area contributed by atoms with E-state index >= 15 is 0 Å². The van der Waals surface area contributed by atoms with Crippen LogP contribution in [0.15, 0.2) is 18.2 Å². The van der Waals surface area contributed by atoms with Gasteiger partial charge in [-0.1, -0.05) is 29.3 Å². The molecule has 2 atom stereocenters. The second kappa shape index (κ2) is 7.30. The van der Waals surface area contributed by atoms with Gasteiger partial charge in [0.25, 0.3) is 0 Å². The fourth-order valence-corrected chi connectivity index (χ4v) is 4.79. The van der Waals surface area contributed by atoms with Gasteiger partial charge in [-0.15, -0.1) is 0 Å². The van der Waals surface area contributed by atoms with Crippen LogP contribution in [-0.4, -0.2) is 29.1 Å². The van der Waals surface area contributed by atoms with Crippen molar-refractivity contribution in [2.45, 2.75) is 18.2 Å². The molecule has 1 aromatic rings. The van der Waals surface area contributed by atoms with E-state index < -0.39 is 0 Å². The van der Waals surface area contributed by atoms with Crippen molar-refractivity contribution < 1.29 is 0 Å². The second-order valence-electron chi connectivity index (χ2n) is 4.37. The number of halogens is 2. The zero-order chi connectivity index (χ0) is 13.0. The monoisotopic (exact) mass is 321 g/mol. The molecule has 0 amide bonds. The van der Waals surface area contributed by atoms with E-state index in [1.807, 2.05) is 18.2 Å². The van der Waals surface area contributed by atoms with Crippen LogP contribution in [0.4, 0.5) is 0 Å². The quantitative estimate of drug-likeness (QED) is 0.877.